The van der Waals surface area contributed by atoms with E-state index in [-0.39, 0.29) is 29.1 Å². The van der Waals surface area contributed by atoms with Crippen molar-refractivity contribution in [2.45, 2.75) is 72.1 Å². The number of hydrogen-bond acceptors (Lipinski definition) is 6. The molecule has 2 atom stereocenters. The van der Waals surface area contributed by atoms with Crippen LogP contribution in [0.4, 0.5) is 0 Å². The van der Waals surface area contributed by atoms with Gasteiger partial charge in [0.05, 0.1) is 6.10 Å². The summed E-state index contributed by atoms with van der Waals surface area (Å²) in [6.07, 6.45) is 1.58. The highest BCUT2D eigenvalue weighted by molar-refractivity contribution is 6.04. The first kappa shape index (κ1) is 36.3. The van der Waals surface area contributed by atoms with E-state index in [4.69, 9.17) is 16.2 Å². The molecule has 248 valence electrons. The number of nitrogens with two attached hydrogens (primary N) is 2. The lowest BCUT2D eigenvalue weighted by Crippen LogP contribution is -2.47. The molecule has 3 amide bonds. The van der Waals surface area contributed by atoms with E-state index in [1.807, 2.05) is 68.4 Å². The van der Waals surface area contributed by atoms with Crippen LogP contribution < -0.4 is 16.2 Å². The Labute approximate surface area is 273 Å². The molecule has 0 unspecified atom stereocenters. The van der Waals surface area contributed by atoms with E-state index >= 15 is 0 Å². The van der Waals surface area contributed by atoms with Crippen LogP contribution in [0.5, 0.6) is 5.75 Å². The van der Waals surface area contributed by atoms with Gasteiger partial charge in [0.15, 0.2) is 0 Å². The van der Waals surface area contributed by atoms with Crippen molar-refractivity contribution < 1.29 is 24.2 Å². The van der Waals surface area contributed by atoms with Crippen LogP contribution in [0.15, 0.2) is 72.8 Å². The van der Waals surface area contributed by atoms with Crippen LogP contribution in [-0.2, 0) is 13.0 Å². The van der Waals surface area contributed by atoms with Gasteiger partial charge in [-0.2, -0.15) is 0 Å². The Morgan fingerprint density at radius 1 is 0.783 bits per heavy atom. The van der Waals surface area contributed by atoms with Gasteiger partial charge in [-0.15, -0.1) is 0 Å². The number of aliphatic hydroxyl groups excluding tert-OH is 1. The third kappa shape index (κ3) is 11.0. The Hall–Kier alpha value is -4.21. The summed E-state index contributed by atoms with van der Waals surface area (Å²) in [4.78, 5) is 42.9. The average molecular weight is 631 g/mol. The maximum absolute atomic E-state index is 14.0. The third-order valence-corrected chi connectivity index (χ3v) is 7.77. The molecule has 0 radical (unpaired) electrons. The molecule has 0 aliphatic heterocycles. The fraction of sp³-hybridized carbons (Fsp3) is 0.432. The topological polar surface area (TPSA) is 139 Å². The number of carbonyl (C=O) groups is 3. The van der Waals surface area contributed by atoms with Gasteiger partial charge in [0.2, 0.25) is 5.91 Å². The summed E-state index contributed by atoms with van der Waals surface area (Å²) in [5.41, 5.74) is 14.5. The lowest BCUT2D eigenvalue weighted by Gasteiger charge is -2.29. The largest absolute Gasteiger partial charge is 0.489 e. The van der Waals surface area contributed by atoms with Crippen LogP contribution in [0, 0.1) is 5.92 Å². The molecule has 0 saturated carbocycles. The van der Waals surface area contributed by atoms with Crippen LogP contribution in [0.25, 0.3) is 0 Å². The zero-order valence-corrected chi connectivity index (χ0v) is 27.7. The Balaban J connectivity index is 1.79. The van der Waals surface area contributed by atoms with Gasteiger partial charge in [-0.25, -0.2) is 0 Å². The number of primary amides is 1. The highest BCUT2D eigenvalue weighted by atomic mass is 16.5. The average Bonchev–Trinajstić information content (AvgIpc) is 3.05. The zero-order chi connectivity index (χ0) is 33.6. The molecule has 0 aromatic heterocycles. The number of aliphatic hydroxyl groups is 1. The van der Waals surface area contributed by atoms with Gasteiger partial charge < -0.3 is 31.1 Å². The molecular weight excluding hydrogens is 580 g/mol. The molecule has 0 spiro atoms. The fourth-order valence-electron chi connectivity index (χ4n) is 5.20. The lowest BCUT2D eigenvalue weighted by atomic mass is 10.00. The molecule has 0 heterocycles. The van der Waals surface area contributed by atoms with Crippen molar-refractivity contribution in [1.82, 2.24) is 9.80 Å². The number of rotatable bonds is 18. The predicted octanol–water partition coefficient (Wildman–Crippen LogP) is 5.05. The highest BCUT2D eigenvalue weighted by Gasteiger charge is 2.26. The second kappa shape index (κ2) is 18.1. The molecule has 0 aliphatic rings. The van der Waals surface area contributed by atoms with E-state index in [0.717, 1.165) is 24.0 Å². The summed E-state index contributed by atoms with van der Waals surface area (Å²) in [5, 5.41) is 11.2. The van der Waals surface area contributed by atoms with E-state index in [1.54, 1.807) is 9.80 Å². The summed E-state index contributed by atoms with van der Waals surface area (Å²) in [6.45, 7) is 9.99. The number of benzene rings is 3. The van der Waals surface area contributed by atoms with Gasteiger partial charge in [-0.3, -0.25) is 14.4 Å². The Kier molecular flexibility index (Phi) is 14.2. The van der Waals surface area contributed by atoms with Crippen molar-refractivity contribution in [2.24, 2.45) is 17.4 Å². The molecule has 5 N–H and O–H groups in total. The second-order valence-corrected chi connectivity index (χ2v) is 12.2. The maximum atomic E-state index is 14.0. The first-order valence-corrected chi connectivity index (χ1v) is 16.2. The molecule has 0 saturated heterocycles. The second-order valence-electron chi connectivity index (χ2n) is 12.2. The minimum absolute atomic E-state index is 0.0151. The monoisotopic (exact) mass is 630 g/mol. The minimum Gasteiger partial charge on any atom is -0.489 e. The van der Waals surface area contributed by atoms with Crippen LogP contribution in [0.1, 0.15) is 89.2 Å². The van der Waals surface area contributed by atoms with Crippen molar-refractivity contribution in [3.8, 4) is 5.75 Å². The first-order valence-electron chi connectivity index (χ1n) is 16.2. The highest BCUT2D eigenvalue weighted by Crippen LogP contribution is 2.19. The van der Waals surface area contributed by atoms with Crippen LogP contribution in [-0.4, -0.2) is 71.0 Å². The quantitative estimate of drug-likeness (QED) is 0.180. The number of ether oxygens (including phenoxy) is 1. The number of carbonyl (C=O) groups excluding carboxylic acids is 3. The van der Waals surface area contributed by atoms with E-state index < -0.39 is 24.0 Å². The lowest BCUT2D eigenvalue weighted by molar-refractivity contribution is 0.0563. The van der Waals surface area contributed by atoms with Gasteiger partial charge in [-0.05, 0) is 73.1 Å². The number of hydrogen-bond donors (Lipinski definition) is 3. The summed E-state index contributed by atoms with van der Waals surface area (Å²) >= 11 is 0. The molecule has 0 aliphatic carbocycles. The molecule has 9 heteroatoms. The van der Waals surface area contributed by atoms with Crippen molar-refractivity contribution in [2.75, 3.05) is 26.2 Å². The molecule has 0 fully saturated rings. The normalized spacial score (nSPS) is 12.4. The van der Waals surface area contributed by atoms with Gasteiger partial charge in [0.25, 0.3) is 11.8 Å². The standard InChI is InChI=1S/C37H50N4O5/c1-5-16-40(17-6-2)36(44)30-21-29(35(39)43)22-31(23-30)37(45)41(18-15-26(3)4)24-34(42)33(38)20-28-13-10-14-32(19-28)46-25-27-11-8-7-9-12-27/h7-14,19,21-23,26,33-34,42H,5-6,15-18,20,24-25,38H2,1-4H3,(H2,39,43)/t33-,34+/m0/s1. The zero-order valence-electron chi connectivity index (χ0n) is 27.7. The Bertz CT molecular complexity index is 1420. The van der Waals surface area contributed by atoms with E-state index in [2.05, 4.69) is 13.8 Å². The molecule has 46 heavy (non-hydrogen) atoms. The van der Waals surface area contributed by atoms with Crippen LogP contribution >= 0.6 is 0 Å². The molecule has 3 rings (SSSR count). The molecular formula is C37H50N4O5. The van der Waals surface area contributed by atoms with Crippen molar-refractivity contribution in [1.29, 1.82) is 0 Å². The third-order valence-electron chi connectivity index (χ3n) is 7.77. The first-order chi connectivity index (χ1) is 22.0. The Morgan fingerprint density at radius 3 is 1.96 bits per heavy atom. The van der Waals surface area contributed by atoms with Gasteiger partial charge in [0, 0.05) is 48.9 Å². The molecule has 3 aromatic carbocycles. The summed E-state index contributed by atoms with van der Waals surface area (Å²) in [6, 6.07) is 21.2. The van der Waals surface area contributed by atoms with Crippen LogP contribution in [0.2, 0.25) is 0 Å². The maximum Gasteiger partial charge on any atom is 0.253 e. The van der Waals surface area contributed by atoms with E-state index in [0.29, 0.717) is 50.8 Å². The SMILES string of the molecule is CCCN(CCC)C(=O)c1cc(C(N)=O)cc(C(=O)N(CCC(C)C)C[C@@H](O)[C@@H](N)Cc2cccc(OCc3ccccc3)c2)c1. The fourth-order valence-corrected chi connectivity index (χ4v) is 5.20. The molecule has 9 nitrogen and oxygen atoms in total. The molecule has 3 aromatic rings. The summed E-state index contributed by atoms with van der Waals surface area (Å²) in [5.74, 6) is -0.394. The van der Waals surface area contributed by atoms with Crippen molar-refractivity contribution in [3.63, 3.8) is 0 Å². The van der Waals surface area contributed by atoms with E-state index in [9.17, 15) is 19.5 Å². The van der Waals surface area contributed by atoms with Gasteiger partial charge >= 0.3 is 0 Å². The summed E-state index contributed by atoms with van der Waals surface area (Å²) < 4.78 is 5.95. The van der Waals surface area contributed by atoms with Crippen LogP contribution in [0.3, 0.4) is 0 Å². The predicted molar refractivity (Wildman–Crippen MR) is 182 cm³/mol. The number of nitrogens with zero attached hydrogens (tertiary/aromatic N) is 2. The van der Waals surface area contributed by atoms with Gasteiger partial charge in [0.1, 0.15) is 12.4 Å². The summed E-state index contributed by atoms with van der Waals surface area (Å²) in [7, 11) is 0. The Morgan fingerprint density at radius 2 is 1.37 bits per heavy atom. The molecule has 0 bridgehead atoms. The van der Waals surface area contributed by atoms with Crippen molar-refractivity contribution in [3.05, 3.63) is 101 Å². The minimum atomic E-state index is -1.03. The number of amides is 3. The van der Waals surface area contributed by atoms with E-state index in [1.165, 1.54) is 18.2 Å². The van der Waals surface area contributed by atoms with Crippen molar-refractivity contribution >= 4 is 17.7 Å². The smallest absolute Gasteiger partial charge is 0.253 e. The van der Waals surface area contributed by atoms with Gasteiger partial charge in [-0.1, -0.05) is 70.2 Å².